The quantitative estimate of drug-likeness (QED) is 0.627. The Morgan fingerprint density at radius 2 is 1.95 bits per heavy atom. The second kappa shape index (κ2) is 9.81. The molecule has 116 valence electrons. The maximum atomic E-state index is 5.45. The van der Waals surface area contributed by atoms with Gasteiger partial charge in [-0.3, -0.25) is 4.68 Å². The fourth-order valence-corrected chi connectivity index (χ4v) is 2.59. The van der Waals surface area contributed by atoms with Crippen molar-refractivity contribution < 1.29 is 4.74 Å². The van der Waals surface area contributed by atoms with Crippen molar-refractivity contribution in [3.05, 3.63) is 11.9 Å². The van der Waals surface area contributed by atoms with Crippen LogP contribution >= 0.6 is 0 Å². The first-order valence-electron chi connectivity index (χ1n) is 8.03. The van der Waals surface area contributed by atoms with Gasteiger partial charge in [-0.25, -0.2) is 0 Å². The maximum Gasteiger partial charge on any atom is 0.161 e. The Morgan fingerprint density at radius 1 is 1.20 bits per heavy atom. The van der Waals surface area contributed by atoms with Crippen molar-refractivity contribution >= 4 is 0 Å². The highest BCUT2D eigenvalue weighted by Gasteiger charge is 2.19. The van der Waals surface area contributed by atoms with Crippen LogP contribution in [-0.4, -0.2) is 23.4 Å². The van der Waals surface area contributed by atoms with Crippen LogP contribution in [0.2, 0.25) is 0 Å². The Labute approximate surface area is 123 Å². The van der Waals surface area contributed by atoms with Crippen LogP contribution in [0.25, 0.3) is 0 Å². The first kappa shape index (κ1) is 17.0. The zero-order chi connectivity index (χ0) is 14.8. The molecule has 0 aromatic carbocycles. The molecule has 1 aromatic heterocycles. The van der Waals surface area contributed by atoms with Crippen LogP contribution in [0.5, 0.6) is 5.75 Å². The molecule has 20 heavy (non-hydrogen) atoms. The zero-order valence-corrected chi connectivity index (χ0v) is 13.6. The summed E-state index contributed by atoms with van der Waals surface area (Å²) in [5.74, 6) is 0.898. The molecule has 0 saturated carbocycles. The van der Waals surface area contributed by atoms with Gasteiger partial charge < -0.3 is 10.1 Å². The molecule has 0 fully saturated rings. The van der Waals surface area contributed by atoms with Gasteiger partial charge in [0.2, 0.25) is 0 Å². The molecule has 0 spiro atoms. The van der Waals surface area contributed by atoms with Crippen LogP contribution in [0.15, 0.2) is 6.20 Å². The van der Waals surface area contributed by atoms with E-state index in [-0.39, 0.29) is 0 Å². The van der Waals surface area contributed by atoms with Gasteiger partial charge in [0.05, 0.1) is 25.0 Å². The number of nitrogens with zero attached hydrogens (tertiary/aromatic N) is 2. The van der Waals surface area contributed by atoms with Crippen molar-refractivity contribution in [1.82, 2.24) is 15.1 Å². The number of ether oxygens (including phenoxy) is 1. The Hall–Kier alpha value is -1.03. The minimum absolute atomic E-state index is 0.346. The van der Waals surface area contributed by atoms with E-state index < -0.39 is 0 Å². The Kier molecular flexibility index (Phi) is 8.35. The molecule has 0 aliphatic heterocycles. The SMILES string of the molecule is CCCCCCCC(NCCC)c1c(OC)cnn1C. The highest BCUT2D eigenvalue weighted by molar-refractivity contribution is 5.28. The molecule has 0 aliphatic carbocycles. The van der Waals surface area contributed by atoms with E-state index in [1.54, 1.807) is 7.11 Å². The average Bonchev–Trinajstić information content (AvgIpc) is 2.83. The minimum Gasteiger partial charge on any atom is -0.493 e. The van der Waals surface area contributed by atoms with Crippen LogP contribution in [0.3, 0.4) is 0 Å². The van der Waals surface area contributed by atoms with Gasteiger partial charge in [-0.2, -0.15) is 5.10 Å². The van der Waals surface area contributed by atoms with Crippen molar-refractivity contribution in [1.29, 1.82) is 0 Å². The van der Waals surface area contributed by atoms with Crippen LogP contribution < -0.4 is 10.1 Å². The first-order valence-corrected chi connectivity index (χ1v) is 8.03. The average molecular weight is 281 g/mol. The van der Waals surface area contributed by atoms with Crippen molar-refractivity contribution in [2.24, 2.45) is 7.05 Å². The second-order valence-corrected chi connectivity index (χ2v) is 5.43. The van der Waals surface area contributed by atoms with E-state index in [2.05, 4.69) is 24.3 Å². The number of methoxy groups -OCH3 is 1. The third-order valence-corrected chi connectivity index (χ3v) is 3.74. The predicted molar refractivity (Wildman–Crippen MR) is 84.2 cm³/mol. The molecule has 0 aliphatic rings. The standard InChI is InChI=1S/C16H31N3O/c1-5-7-8-9-10-11-14(17-12-6-2)16-15(20-4)13-18-19(16)3/h13-14,17H,5-12H2,1-4H3. The van der Waals surface area contributed by atoms with Crippen LogP contribution in [0.4, 0.5) is 0 Å². The molecule has 1 N–H and O–H groups in total. The van der Waals surface area contributed by atoms with Gasteiger partial charge >= 0.3 is 0 Å². The number of hydrogen-bond donors (Lipinski definition) is 1. The molecule has 0 saturated heterocycles. The van der Waals surface area contributed by atoms with Crippen LogP contribution in [0, 0.1) is 0 Å². The smallest absolute Gasteiger partial charge is 0.161 e. The summed E-state index contributed by atoms with van der Waals surface area (Å²) in [5.41, 5.74) is 1.18. The number of hydrogen-bond acceptors (Lipinski definition) is 3. The summed E-state index contributed by atoms with van der Waals surface area (Å²) in [6, 6.07) is 0.346. The highest BCUT2D eigenvalue weighted by Crippen LogP contribution is 2.28. The second-order valence-electron chi connectivity index (χ2n) is 5.43. The topological polar surface area (TPSA) is 39.1 Å². The van der Waals surface area contributed by atoms with Crippen LogP contribution in [-0.2, 0) is 7.05 Å². The molecule has 0 bridgehead atoms. The normalized spacial score (nSPS) is 12.6. The fraction of sp³-hybridized carbons (Fsp3) is 0.812. The molecule has 4 nitrogen and oxygen atoms in total. The lowest BCUT2D eigenvalue weighted by atomic mass is 10.0. The van der Waals surface area contributed by atoms with Gasteiger partial charge in [0.15, 0.2) is 5.75 Å². The lowest BCUT2D eigenvalue weighted by Crippen LogP contribution is -2.24. The lowest BCUT2D eigenvalue weighted by Gasteiger charge is -2.20. The molecule has 1 unspecified atom stereocenters. The third-order valence-electron chi connectivity index (χ3n) is 3.74. The van der Waals surface area contributed by atoms with Crippen molar-refractivity contribution in [2.75, 3.05) is 13.7 Å². The number of rotatable bonds is 11. The summed E-state index contributed by atoms with van der Waals surface area (Å²) in [7, 11) is 3.72. The summed E-state index contributed by atoms with van der Waals surface area (Å²) in [4.78, 5) is 0. The van der Waals surface area contributed by atoms with Gasteiger partial charge in [-0.15, -0.1) is 0 Å². The van der Waals surface area contributed by atoms with E-state index >= 15 is 0 Å². The molecule has 0 amide bonds. The number of aromatic nitrogens is 2. The number of nitrogens with one attached hydrogen (secondary N) is 1. The molecule has 1 heterocycles. The maximum absolute atomic E-state index is 5.45. The summed E-state index contributed by atoms with van der Waals surface area (Å²) in [6.07, 6.45) is 10.7. The summed E-state index contributed by atoms with van der Waals surface area (Å²) in [6.45, 7) is 5.49. The fourth-order valence-electron chi connectivity index (χ4n) is 2.59. The molecule has 0 radical (unpaired) electrons. The van der Waals surface area contributed by atoms with E-state index in [4.69, 9.17) is 4.74 Å². The lowest BCUT2D eigenvalue weighted by molar-refractivity contribution is 0.383. The summed E-state index contributed by atoms with van der Waals surface area (Å²) in [5, 5.41) is 7.96. The van der Waals surface area contributed by atoms with Gasteiger partial charge in [-0.05, 0) is 19.4 Å². The Bertz CT molecular complexity index is 363. The highest BCUT2D eigenvalue weighted by atomic mass is 16.5. The van der Waals surface area contributed by atoms with E-state index in [0.29, 0.717) is 6.04 Å². The van der Waals surface area contributed by atoms with Crippen molar-refractivity contribution in [2.45, 2.75) is 64.8 Å². The Morgan fingerprint density at radius 3 is 2.60 bits per heavy atom. The van der Waals surface area contributed by atoms with Gasteiger partial charge in [0.1, 0.15) is 0 Å². The summed E-state index contributed by atoms with van der Waals surface area (Å²) < 4.78 is 7.39. The number of aryl methyl sites for hydroxylation is 1. The molecule has 1 rings (SSSR count). The van der Waals surface area contributed by atoms with Crippen LogP contribution in [0.1, 0.15) is 70.5 Å². The van der Waals surface area contributed by atoms with E-state index in [1.807, 2.05) is 17.9 Å². The van der Waals surface area contributed by atoms with Gasteiger partial charge in [-0.1, -0.05) is 46.0 Å². The monoisotopic (exact) mass is 281 g/mol. The van der Waals surface area contributed by atoms with Gasteiger partial charge in [0, 0.05) is 7.05 Å². The minimum atomic E-state index is 0.346. The summed E-state index contributed by atoms with van der Waals surface area (Å²) >= 11 is 0. The van der Waals surface area contributed by atoms with E-state index in [0.717, 1.165) is 25.1 Å². The van der Waals surface area contributed by atoms with Gasteiger partial charge in [0.25, 0.3) is 0 Å². The molecular formula is C16H31N3O. The number of unbranched alkanes of at least 4 members (excludes halogenated alkanes) is 4. The molecule has 4 heteroatoms. The zero-order valence-electron chi connectivity index (χ0n) is 13.6. The van der Waals surface area contributed by atoms with Crippen molar-refractivity contribution in [3.8, 4) is 5.75 Å². The molecule has 1 atom stereocenters. The largest absolute Gasteiger partial charge is 0.493 e. The van der Waals surface area contributed by atoms with E-state index in [1.165, 1.54) is 37.8 Å². The first-order chi connectivity index (χ1) is 9.74. The molecule has 1 aromatic rings. The van der Waals surface area contributed by atoms with E-state index in [9.17, 15) is 0 Å². The van der Waals surface area contributed by atoms with Crippen molar-refractivity contribution in [3.63, 3.8) is 0 Å². The molecular weight excluding hydrogens is 250 g/mol. The predicted octanol–water partition coefficient (Wildman–Crippen LogP) is 3.83. The third kappa shape index (κ3) is 5.16. The Balaban J connectivity index is 2.60.